The third kappa shape index (κ3) is 3.30. The summed E-state index contributed by atoms with van der Waals surface area (Å²) in [6.45, 7) is 2.12. The second-order valence-electron chi connectivity index (χ2n) is 4.97. The van der Waals surface area contributed by atoms with Gasteiger partial charge < -0.3 is 10.1 Å². The van der Waals surface area contributed by atoms with E-state index in [1.54, 1.807) is 7.11 Å². The molecular formula is C16H22BrN3O. The summed E-state index contributed by atoms with van der Waals surface area (Å²) in [4.78, 5) is 0. The van der Waals surface area contributed by atoms with Crippen LogP contribution in [0.1, 0.15) is 29.9 Å². The highest BCUT2D eigenvalue weighted by atomic mass is 79.9. The van der Waals surface area contributed by atoms with Crippen molar-refractivity contribution in [1.29, 1.82) is 0 Å². The van der Waals surface area contributed by atoms with Gasteiger partial charge in [-0.2, -0.15) is 5.10 Å². The predicted octanol–water partition coefficient (Wildman–Crippen LogP) is 3.26. The van der Waals surface area contributed by atoms with Gasteiger partial charge in [0, 0.05) is 25.1 Å². The second-order valence-corrected chi connectivity index (χ2v) is 5.76. The molecule has 4 nitrogen and oxygen atoms in total. The number of likely N-dealkylation sites (N-methyl/N-ethyl adjacent to an activating group) is 1. The summed E-state index contributed by atoms with van der Waals surface area (Å²) in [5, 5.41) is 7.94. The van der Waals surface area contributed by atoms with E-state index in [1.165, 1.54) is 5.69 Å². The van der Waals surface area contributed by atoms with Crippen LogP contribution in [0.5, 0.6) is 5.75 Å². The first kappa shape index (κ1) is 16.0. The lowest BCUT2D eigenvalue weighted by Gasteiger charge is -2.19. The maximum Gasteiger partial charge on any atom is 0.123 e. The molecule has 0 fully saturated rings. The molecule has 2 rings (SSSR count). The van der Waals surface area contributed by atoms with Crippen LogP contribution in [-0.2, 0) is 19.9 Å². The van der Waals surface area contributed by atoms with E-state index in [-0.39, 0.29) is 6.04 Å². The third-order valence-corrected chi connectivity index (χ3v) is 4.68. The van der Waals surface area contributed by atoms with Crippen molar-refractivity contribution in [2.45, 2.75) is 25.8 Å². The average Bonchev–Trinajstić information content (AvgIpc) is 2.79. The second kappa shape index (κ2) is 7.09. The van der Waals surface area contributed by atoms with Crippen LogP contribution in [0.4, 0.5) is 0 Å². The van der Waals surface area contributed by atoms with Crippen LogP contribution in [0, 0.1) is 0 Å². The molecule has 1 aromatic heterocycles. The van der Waals surface area contributed by atoms with Gasteiger partial charge in [0.25, 0.3) is 0 Å². The molecule has 1 N–H and O–H groups in total. The molecule has 2 aromatic rings. The van der Waals surface area contributed by atoms with E-state index in [1.807, 2.05) is 37.0 Å². The fourth-order valence-electron chi connectivity index (χ4n) is 2.56. The Kier molecular flexibility index (Phi) is 5.42. The average molecular weight is 352 g/mol. The lowest BCUT2D eigenvalue weighted by Crippen LogP contribution is -2.21. The highest BCUT2D eigenvalue weighted by Gasteiger charge is 2.20. The number of rotatable bonds is 6. The highest BCUT2D eigenvalue weighted by Crippen LogP contribution is 2.30. The van der Waals surface area contributed by atoms with Gasteiger partial charge in [-0.25, -0.2) is 0 Å². The molecule has 114 valence electrons. The zero-order chi connectivity index (χ0) is 15.4. The molecule has 1 unspecified atom stereocenters. The molecule has 0 aliphatic carbocycles. The van der Waals surface area contributed by atoms with Gasteiger partial charge in [-0.05, 0) is 35.5 Å². The molecule has 1 atom stereocenters. The molecule has 0 aliphatic rings. The molecule has 0 spiro atoms. The van der Waals surface area contributed by atoms with Gasteiger partial charge in [0.1, 0.15) is 5.75 Å². The summed E-state index contributed by atoms with van der Waals surface area (Å²) in [7, 11) is 5.68. The van der Waals surface area contributed by atoms with Crippen molar-refractivity contribution in [2.75, 3.05) is 14.2 Å². The van der Waals surface area contributed by atoms with Crippen LogP contribution >= 0.6 is 15.9 Å². The van der Waals surface area contributed by atoms with Gasteiger partial charge in [0.2, 0.25) is 0 Å². The van der Waals surface area contributed by atoms with Crippen LogP contribution in [0.25, 0.3) is 0 Å². The molecule has 0 saturated heterocycles. The van der Waals surface area contributed by atoms with E-state index in [4.69, 9.17) is 4.74 Å². The van der Waals surface area contributed by atoms with Crippen LogP contribution in [0.2, 0.25) is 0 Å². The van der Waals surface area contributed by atoms with Crippen molar-refractivity contribution in [2.24, 2.45) is 7.05 Å². The molecule has 0 radical (unpaired) electrons. The third-order valence-electron chi connectivity index (χ3n) is 3.76. The summed E-state index contributed by atoms with van der Waals surface area (Å²) in [5.74, 6) is 0.908. The van der Waals surface area contributed by atoms with Crippen molar-refractivity contribution < 1.29 is 4.74 Å². The Hall–Kier alpha value is -1.33. The molecule has 1 heterocycles. The number of nitrogens with zero attached hydrogens (tertiary/aromatic N) is 2. The minimum Gasteiger partial charge on any atom is -0.496 e. The molecule has 0 aliphatic heterocycles. The number of nitrogens with one attached hydrogen (secondary N) is 1. The molecule has 0 saturated carbocycles. The zero-order valence-corrected chi connectivity index (χ0v) is 14.6. The van der Waals surface area contributed by atoms with E-state index in [9.17, 15) is 0 Å². The Balaban J connectivity index is 2.34. The molecule has 1 aromatic carbocycles. The Morgan fingerprint density at radius 1 is 1.38 bits per heavy atom. The summed E-state index contributed by atoms with van der Waals surface area (Å²) in [5.41, 5.74) is 3.45. The predicted molar refractivity (Wildman–Crippen MR) is 88.8 cm³/mol. The number of ether oxygens (including phenoxy) is 1. The fraction of sp³-hybridized carbons (Fsp3) is 0.438. The number of halogens is 1. The van der Waals surface area contributed by atoms with Gasteiger partial charge >= 0.3 is 0 Å². The first-order chi connectivity index (χ1) is 10.1. The van der Waals surface area contributed by atoms with E-state index in [0.717, 1.165) is 34.3 Å². The summed E-state index contributed by atoms with van der Waals surface area (Å²) in [6.07, 6.45) is 1.77. The van der Waals surface area contributed by atoms with E-state index in [2.05, 4.69) is 39.3 Å². The minimum atomic E-state index is 0.178. The molecule has 0 amide bonds. The van der Waals surface area contributed by atoms with Gasteiger partial charge in [-0.15, -0.1) is 0 Å². The van der Waals surface area contributed by atoms with Crippen molar-refractivity contribution in [3.63, 3.8) is 0 Å². The summed E-state index contributed by atoms with van der Waals surface area (Å²) >= 11 is 3.69. The lowest BCUT2D eigenvalue weighted by molar-refractivity contribution is 0.400. The van der Waals surface area contributed by atoms with Gasteiger partial charge in [-0.1, -0.05) is 25.1 Å². The quantitative estimate of drug-likeness (QED) is 0.867. The number of hydrogen-bond acceptors (Lipinski definition) is 3. The number of aromatic nitrogens is 2. The first-order valence-corrected chi connectivity index (χ1v) is 7.92. The monoisotopic (exact) mass is 351 g/mol. The van der Waals surface area contributed by atoms with Crippen LogP contribution < -0.4 is 10.1 Å². The van der Waals surface area contributed by atoms with E-state index >= 15 is 0 Å². The Bertz CT molecular complexity index is 610. The zero-order valence-electron chi connectivity index (χ0n) is 13.0. The number of benzene rings is 1. The van der Waals surface area contributed by atoms with Crippen molar-refractivity contribution in [3.05, 3.63) is 45.7 Å². The summed E-state index contributed by atoms with van der Waals surface area (Å²) in [6, 6.07) is 8.31. The minimum absolute atomic E-state index is 0.178. The SMILES string of the molecule is CCc1nn(C)c(CC(NC)c2ccccc2OC)c1Br. The normalized spacial score (nSPS) is 12.4. The summed E-state index contributed by atoms with van der Waals surface area (Å²) < 4.78 is 8.55. The van der Waals surface area contributed by atoms with Gasteiger partial charge in [-0.3, -0.25) is 4.68 Å². The molecular weight excluding hydrogens is 330 g/mol. The van der Waals surface area contributed by atoms with Gasteiger partial charge in [0.05, 0.1) is 23.0 Å². The Labute approximate surface area is 134 Å². The standard InChI is InChI=1S/C16H22BrN3O/c1-5-12-16(17)14(20(3)19-12)10-13(18-2)11-8-6-7-9-15(11)21-4/h6-9,13,18H,5,10H2,1-4H3. The van der Waals surface area contributed by atoms with E-state index < -0.39 is 0 Å². The topological polar surface area (TPSA) is 39.1 Å². The van der Waals surface area contributed by atoms with Crippen LogP contribution in [-0.4, -0.2) is 23.9 Å². The Morgan fingerprint density at radius 3 is 2.67 bits per heavy atom. The number of methoxy groups -OCH3 is 1. The van der Waals surface area contributed by atoms with Crippen molar-refractivity contribution in [1.82, 2.24) is 15.1 Å². The maximum absolute atomic E-state index is 5.48. The molecule has 21 heavy (non-hydrogen) atoms. The lowest BCUT2D eigenvalue weighted by atomic mass is 10.0. The largest absolute Gasteiger partial charge is 0.496 e. The highest BCUT2D eigenvalue weighted by molar-refractivity contribution is 9.10. The number of para-hydroxylation sites is 1. The van der Waals surface area contributed by atoms with Crippen molar-refractivity contribution in [3.8, 4) is 5.75 Å². The number of aryl methyl sites for hydroxylation is 2. The van der Waals surface area contributed by atoms with Crippen molar-refractivity contribution >= 4 is 15.9 Å². The van der Waals surface area contributed by atoms with E-state index in [0.29, 0.717) is 0 Å². The molecule has 5 heteroatoms. The maximum atomic E-state index is 5.48. The van der Waals surface area contributed by atoms with Crippen LogP contribution in [0.15, 0.2) is 28.7 Å². The fourth-order valence-corrected chi connectivity index (χ4v) is 3.33. The van der Waals surface area contributed by atoms with Crippen LogP contribution in [0.3, 0.4) is 0 Å². The first-order valence-electron chi connectivity index (χ1n) is 7.12. The van der Waals surface area contributed by atoms with Gasteiger partial charge in [0.15, 0.2) is 0 Å². The molecule has 0 bridgehead atoms. The number of hydrogen-bond donors (Lipinski definition) is 1. The Morgan fingerprint density at radius 2 is 2.10 bits per heavy atom. The smallest absolute Gasteiger partial charge is 0.123 e.